The Bertz CT molecular complexity index is 1600. The molecule has 0 radical (unpaired) electrons. The van der Waals surface area contributed by atoms with Gasteiger partial charge in [0.15, 0.2) is 11.2 Å². The highest BCUT2D eigenvalue weighted by Crippen LogP contribution is 2.24. The van der Waals surface area contributed by atoms with Crippen LogP contribution in [0, 0.1) is 6.92 Å². The lowest BCUT2D eigenvalue weighted by molar-refractivity contribution is 0.495. The van der Waals surface area contributed by atoms with Crippen molar-refractivity contribution in [3.8, 4) is 0 Å². The first-order valence-corrected chi connectivity index (χ1v) is 12.4. The standard InChI is InChI=1S/C27H33N7O2/c1-17(2)11-13-33-23-24(30-26(33)32-12-7-9-20(28)15-32)31(4)27(36)34(25(23)35)16-22-21-10-6-5-8-19(21)14-18(3)29-22/h5-6,8,10-11,14,20H,7,9,12-13,15-16,28H2,1-4H3/t20-/m1/s1. The van der Waals surface area contributed by atoms with E-state index < -0.39 is 5.69 Å². The molecule has 0 amide bonds. The van der Waals surface area contributed by atoms with Gasteiger partial charge in [0.2, 0.25) is 5.95 Å². The fraction of sp³-hybridized carbons (Fsp3) is 0.407. The molecule has 0 bridgehead atoms. The lowest BCUT2D eigenvalue weighted by Crippen LogP contribution is -2.44. The second-order valence-electron chi connectivity index (χ2n) is 9.99. The number of imidazole rings is 1. The smallest absolute Gasteiger partial charge is 0.332 e. The van der Waals surface area contributed by atoms with Gasteiger partial charge >= 0.3 is 5.69 Å². The Kier molecular flexibility index (Phi) is 6.26. The van der Waals surface area contributed by atoms with Gasteiger partial charge in [0.05, 0.1) is 12.2 Å². The first-order valence-electron chi connectivity index (χ1n) is 12.4. The maximum atomic E-state index is 13.9. The predicted octanol–water partition coefficient (Wildman–Crippen LogP) is 2.70. The minimum atomic E-state index is -0.409. The molecule has 3 aromatic heterocycles. The van der Waals surface area contributed by atoms with E-state index in [4.69, 9.17) is 15.7 Å². The molecule has 1 aliphatic rings. The number of aromatic nitrogens is 5. The van der Waals surface area contributed by atoms with Gasteiger partial charge in [-0.3, -0.25) is 18.9 Å². The fourth-order valence-electron chi connectivity index (χ4n) is 5.07. The van der Waals surface area contributed by atoms with Gasteiger partial charge in [-0.05, 0) is 45.1 Å². The summed E-state index contributed by atoms with van der Waals surface area (Å²) < 4.78 is 4.69. The van der Waals surface area contributed by atoms with E-state index in [2.05, 4.69) is 11.0 Å². The molecule has 5 rings (SSSR count). The zero-order valence-electron chi connectivity index (χ0n) is 21.4. The van der Waals surface area contributed by atoms with Gasteiger partial charge in [0.1, 0.15) is 0 Å². The maximum Gasteiger partial charge on any atom is 0.332 e. The molecule has 0 saturated carbocycles. The number of fused-ring (bicyclic) bond motifs is 2. The first-order chi connectivity index (χ1) is 17.2. The third-order valence-electron chi connectivity index (χ3n) is 6.89. The van der Waals surface area contributed by atoms with Crippen LogP contribution in [0.2, 0.25) is 0 Å². The number of piperidine rings is 1. The van der Waals surface area contributed by atoms with Gasteiger partial charge in [-0.25, -0.2) is 4.79 Å². The van der Waals surface area contributed by atoms with Crippen LogP contribution in [0.3, 0.4) is 0 Å². The second-order valence-corrected chi connectivity index (χ2v) is 9.99. The van der Waals surface area contributed by atoms with Gasteiger partial charge in [-0.15, -0.1) is 0 Å². The summed E-state index contributed by atoms with van der Waals surface area (Å²) >= 11 is 0. The third kappa shape index (κ3) is 4.24. The fourth-order valence-corrected chi connectivity index (χ4v) is 5.07. The molecule has 4 aromatic rings. The molecule has 0 unspecified atom stereocenters. The molecule has 0 aliphatic carbocycles. The molecule has 1 atom stereocenters. The van der Waals surface area contributed by atoms with E-state index in [1.54, 1.807) is 7.05 Å². The molecule has 9 nitrogen and oxygen atoms in total. The molecular weight excluding hydrogens is 454 g/mol. The molecule has 9 heteroatoms. The summed E-state index contributed by atoms with van der Waals surface area (Å²) in [5.41, 5.74) is 8.97. The number of hydrogen-bond donors (Lipinski definition) is 1. The molecule has 1 fully saturated rings. The number of pyridine rings is 1. The quantitative estimate of drug-likeness (QED) is 0.434. The lowest BCUT2D eigenvalue weighted by Gasteiger charge is -2.31. The van der Waals surface area contributed by atoms with Crippen LogP contribution in [0.5, 0.6) is 0 Å². The van der Waals surface area contributed by atoms with Crippen molar-refractivity contribution in [1.29, 1.82) is 0 Å². The molecule has 188 valence electrons. The van der Waals surface area contributed by atoms with Gasteiger partial charge in [0.25, 0.3) is 5.56 Å². The van der Waals surface area contributed by atoms with Gasteiger partial charge < -0.3 is 15.2 Å². The van der Waals surface area contributed by atoms with Crippen LogP contribution in [0.4, 0.5) is 5.95 Å². The van der Waals surface area contributed by atoms with Crippen LogP contribution in [-0.2, 0) is 20.1 Å². The Morgan fingerprint density at radius 2 is 1.94 bits per heavy atom. The summed E-state index contributed by atoms with van der Waals surface area (Å²) in [4.78, 5) is 39.0. The maximum absolute atomic E-state index is 13.9. The summed E-state index contributed by atoms with van der Waals surface area (Å²) in [5, 5.41) is 1.96. The first kappa shape index (κ1) is 24.0. The molecule has 1 saturated heterocycles. The van der Waals surface area contributed by atoms with E-state index in [0.29, 0.717) is 35.9 Å². The number of aryl methyl sites for hydroxylation is 2. The van der Waals surface area contributed by atoms with Crippen molar-refractivity contribution in [3.63, 3.8) is 0 Å². The minimum Gasteiger partial charge on any atom is -0.341 e. The minimum absolute atomic E-state index is 0.0524. The van der Waals surface area contributed by atoms with Gasteiger partial charge in [0, 0.05) is 43.8 Å². The predicted molar refractivity (Wildman–Crippen MR) is 144 cm³/mol. The van der Waals surface area contributed by atoms with Crippen molar-refractivity contribution < 1.29 is 0 Å². The Morgan fingerprint density at radius 3 is 2.69 bits per heavy atom. The van der Waals surface area contributed by atoms with E-state index in [1.165, 1.54) is 9.13 Å². The highest BCUT2D eigenvalue weighted by Gasteiger charge is 2.26. The van der Waals surface area contributed by atoms with Gasteiger partial charge in [-0.2, -0.15) is 4.98 Å². The van der Waals surface area contributed by atoms with Crippen LogP contribution in [0.15, 0.2) is 51.6 Å². The Labute approximate surface area is 209 Å². The van der Waals surface area contributed by atoms with Crippen molar-refractivity contribution in [2.75, 3.05) is 18.0 Å². The van der Waals surface area contributed by atoms with Crippen molar-refractivity contribution in [2.24, 2.45) is 12.8 Å². The van der Waals surface area contributed by atoms with Crippen LogP contribution in [-0.4, -0.2) is 42.8 Å². The Balaban J connectivity index is 1.73. The van der Waals surface area contributed by atoms with Crippen molar-refractivity contribution in [3.05, 3.63) is 74.2 Å². The number of nitrogens with zero attached hydrogens (tertiary/aromatic N) is 6. The highest BCUT2D eigenvalue weighted by atomic mass is 16.2. The molecule has 1 aliphatic heterocycles. The molecular formula is C27H33N7O2. The average molecular weight is 488 g/mol. The third-order valence-corrected chi connectivity index (χ3v) is 6.89. The van der Waals surface area contributed by atoms with Crippen LogP contribution >= 0.6 is 0 Å². The van der Waals surface area contributed by atoms with Gasteiger partial charge in [-0.1, -0.05) is 35.9 Å². The topological polar surface area (TPSA) is 104 Å². The number of anilines is 1. The van der Waals surface area contributed by atoms with E-state index in [-0.39, 0.29) is 18.1 Å². The number of nitrogens with two attached hydrogens (primary N) is 1. The lowest BCUT2D eigenvalue weighted by atomic mass is 10.1. The van der Waals surface area contributed by atoms with Crippen molar-refractivity contribution in [2.45, 2.75) is 52.7 Å². The zero-order chi connectivity index (χ0) is 25.6. The number of allylic oxidation sites excluding steroid dienone is 2. The van der Waals surface area contributed by atoms with Crippen molar-refractivity contribution >= 4 is 27.9 Å². The monoisotopic (exact) mass is 487 g/mol. The molecule has 36 heavy (non-hydrogen) atoms. The van der Waals surface area contributed by atoms with E-state index >= 15 is 0 Å². The summed E-state index contributed by atoms with van der Waals surface area (Å²) in [6.45, 7) is 8.02. The number of hydrogen-bond acceptors (Lipinski definition) is 6. The number of benzene rings is 1. The van der Waals surface area contributed by atoms with Crippen LogP contribution in [0.1, 0.15) is 38.1 Å². The summed E-state index contributed by atoms with van der Waals surface area (Å²) in [5.74, 6) is 0.682. The zero-order valence-corrected chi connectivity index (χ0v) is 21.4. The van der Waals surface area contributed by atoms with E-state index in [9.17, 15) is 9.59 Å². The second kappa shape index (κ2) is 9.39. The van der Waals surface area contributed by atoms with E-state index in [0.717, 1.165) is 41.4 Å². The largest absolute Gasteiger partial charge is 0.341 e. The normalized spacial score (nSPS) is 16.1. The Hall–Kier alpha value is -3.72. The molecule has 4 heterocycles. The van der Waals surface area contributed by atoms with Crippen LogP contribution < -0.4 is 21.9 Å². The Morgan fingerprint density at radius 1 is 1.17 bits per heavy atom. The summed E-state index contributed by atoms with van der Waals surface area (Å²) in [6, 6.07) is 9.96. The van der Waals surface area contributed by atoms with E-state index in [1.807, 2.05) is 55.7 Å². The van der Waals surface area contributed by atoms with Crippen LogP contribution in [0.25, 0.3) is 21.9 Å². The molecule has 2 N–H and O–H groups in total. The SMILES string of the molecule is CC(C)=CCn1c(N2CCC[C@@H](N)C2)nc2c1c(=O)n(Cc1nc(C)cc3ccccc13)c(=O)n2C. The number of rotatable bonds is 5. The average Bonchev–Trinajstić information content (AvgIpc) is 3.23. The van der Waals surface area contributed by atoms with Crippen molar-refractivity contribution in [1.82, 2.24) is 23.7 Å². The molecule has 1 aromatic carbocycles. The highest BCUT2D eigenvalue weighted by molar-refractivity contribution is 5.85. The summed E-state index contributed by atoms with van der Waals surface area (Å²) in [7, 11) is 1.67. The molecule has 0 spiro atoms. The summed E-state index contributed by atoms with van der Waals surface area (Å²) in [6.07, 6.45) is 3.99.